The van der Waals surface area contributed by atoms with E-state index >= 15 is 0 Å². The van der Waals surface area contributed by atoms with Gasteiger partial charge in [-0.25, -0.2) is 4.98 Å². The second kappa shape index (κ2) is 7.33. The molecule has 3 rings (SSSR count). The van der Waals surface area contributed by atoms with Crippen LogP contribution in [0.4, 0.5) is 5.82 Å². The Morgan fingerprint density at radius 1 is 1.12 bits per heavy atom. The topological polar surface area (TPSA) is 52.4 Å². The minimum Gasteiger partial charge on any atom is -0.497 e. The van der Waals surface area contributed by atoms with Crippen LogP contribution < -0.4 is 9.64 Å². The maximum absolute atomic E-state index is 8.99. The third-order valence-corrected chi connectivity index (χ3v) is 4.61. The summed E-state index contributed by atoms with van der Waals surface area (Å²) < 4.78 is 5.33. The molecule has 1 aromatic carbocycles. The van der Waals surface area contributed by atoms with Crippen molar-refractivity contribution in [2.24, 2.45) is 0 Å². The smallest absolute Gasteiger partial charge is 0.142 e. The molecule has 0 N–H and O–H groups in total. The lowest BCUT2D eigenvalue weighted by Gasteiger charge is -2.38. The number of aromatic nitrogens is 1. The highest BCUT2D eigenvalue weighted by atomic mass is 16.5. The van der Waals surface area contributed by atoms with Crippen molar-refractivity contribution in [2.75, 3.05) is 38.2 Å². The van der Waals surface area contributed by atoms with Gasteiger partial charge in [0.15, 0.2) is 0 Å². The Labute approximate surface area is 143 Å². The third kappa shape index (κ3) is 3.50. The first-order valence-corrected chi connectivity index (χ1v) is 8.21. The maximum Gasteiger partial charge on any atom is 0.142 e. The van der Waals surface area contributed by atoms with Crippen LogP contribution in [0, 0.1) is 11.3 Å². The molecule has 1 fully saturated rings. The molecule has 5 nitrogen and oxygen atoms in total. The van der Waals surface area contributed by atoms with Gasteiger partial charge in [0.25, 0.3) is 0 Å². The molecular weight excluding hydrogens is 300 g/mol. The number of nitrogens with zero attached hydrogens (tertiary/aromatic N) is 4. The average molecular weight is 322 g/mol. The summed E-state index contributed by atoms with van der Waals surface area (Å²) in [6.07, 6.45) is 0. The lowest BCUT2D eigenvalue weighted by molar-refractivity contribution is 0.198. The highest BCUT2D eigenvalue weighted by Crippen LogP contribution is 2.25. The van der Waals surface area contributed by atoms with E-state index in [9.17, 15) is 0 Å². The summed E-state index contributed by atoms with van der Waals surface area (Å²) in [6.45, 7) is 6.00. The number of hydrogen-bond donors (Lipinski definition) is 0. The first kappa shape index (κ1) is 16.3. The SMILES string of the molecule is COc1cccc([C@@H](C)N2CCN(c3cccc(C#N)n3)CC2)c1. The van der Waals surface area contributed by atoms with E-state index < -0.39 is 0 Å². The van der Waals surface area contributed by atoms with Crippen LogP contribution >= 0.6 is 0 Å². The quantitative estimate of drug-likeness (QED) is 0.866. The van der Waals surface area contributed by atoms with Crippen LogP contribution in [0.2, 0.25) is 0 Å². The van der Waals surface area contributed by atoms with E-state index in [1.807, 2.05) is 24.3 Å². The van der Waals surface area contributed by atoms with Crippen LogP contribution in [0.1, 0.15) is 24.2 Å². The Balaban J connectivity index is 1.65. The lowest BCUT2D eigenvalue weighted by Crippen LogP contribution is -2.47. The molecule has 0 radical (unpaired) electrons. The van der Waals surface area contributed by atoms with Gasteiger partial charge >= 0.3 is 0 Å². The largest absolute Gasteiger partial charge is 0.497 e. The highest BCUT2D eigenvalue weighted by Gasteiger charge is 2.23. The Morgan fingerprint density at radius 3 is 2.58 bits per heavy atom. The van der Waals surface area contributed by atoms with Gasteiger partial charge in [-0.15, -0.1) is 0 Å². The van der Waals surface area contributed by atoms with Crippen molar-refractivity contribution in [3.05, 3.63) is 53.7 Å². The van der Waals surface area contributed by atoms with Gasteiger partial charge in [-0.3, -0.25) is 4.90 Å². The van der Waals surface area contributed by atoms with Crippen molar-refractivity contribution in [1.29, 1.82) is 5.26 Å². The van der Waals surface area contributed by atoms with E-state index in [4.69, 9.17) is 10.00 Å². The first-order valence-electron chi connectivity index (χ1n) is 8.21. The molecule has 1 aliphatic heterocycles. The first-order chi connectivity index (χ1) is 11.7. The van der Waals surface area contributed by atoms with Crippen molar-refractivity contribution in [3.63, 3.8) is 0 Å². The standard InChI is InChI=1S/C19H22N4O/c1-15(16-5-3-7-18(13-16)24-2)22-9-11-23(12-10-22)19-8-4-6-17(14-20)21-19/h3-8,13,15H,9-12H2,1-2H3/t15-/m1/s1. The van der Waals surface area contributed by atoms with Gasteiger partial charge in [-0.05, 0) is 36.8 Å². The summed E-state index contributed by atoms with van der Waals surface area (Å²) >= 11 is 0. The molecule has 0 bridgehead atoms. The molecule has 1 saturated heterocycles. The van der Waals surface area contributed by atoms with E-state index in [0.717, 1.165) is 37.7 Å². The van der Waals surface area contributed by atoms with Crippen molar-refractivity contribution in [1.82, 2.24) is 9.88 Å². The number of ether oxygens (including phenoxy) is 1. The Bertz CT molecular complexity index is 732. The van der Waals surface area contributed by atoms with Gasteiger partial charge in [0.1, 0.15) is 23.3 Å². The van der Waals surface area contributed by atoms with Crippen molar-refractivity contribution in [3.8, 4) is 11.8 Å². The monoisotopic (exact) mass is 322 g/mol. The van der Waals surface area contributed by atoms with Gasteiger partial charge in [0.05, 0.1) is 7.11 Å². The van der Waals surface area contributed by atoms with Crippen LogP contribution in [0.25, 0.3) is 0 Å². The molecule has 1 aromatic heterocycles. The number of rotatable bonds is 4. The van der Waals surface area contributed by atoms with Gasteiger partial charge in [-0.2, -0.15) is 5.26 Å². The molecule has 0 saturated carbocycles. The number of piperazine rings is 1. The molecule has 5 heteroatoms. The molecule has 2 aromatic rings. The molecular formula is C19H22N4O. The van der Waals surface area contributed by atoms with Crippen molar-refractivity contribution >= 4 is 5.82 Å². The van der Waals surface area contributed by atoms with E-state index in [1.165, 1.54) is 5.56 Å². The number of nitriles is 1. The van der Waals surface area contributed by atoms with E-state index in [0.29, 0.717) is 11.7 Å². The van der Waals surface area contributed by atoms with Crippen LogP contribution in [0.15, 0.2) is 42.5 Å². The maximum atomic E-state index is 8.99. The van der Waals surface area contributed by atoms with Gasteiger partial charge in [-0.1, -0.05) is 18.2 Å². The summed E-state index contributed by atoms with van der Waals surface area (Å²) in [5.41, 5.74) is 1.74. The molecule has 2 heterocycles. The predicted molar refractivity (Wildman–Crippen MR) is 94.1 cm³/mol. The fourth-order valence-electron chi connectivity index (χ4n) is 3.11. The molecule has 0 unspecified atom stereocenters. The Kier molecular flexibility index (Phi) is 4.97. The van der Waals surface area contributed by atoms with Crippen LogP contribution in [0.3, 0.4) is 0 Å². The second-order valence-corrected chi connectivity index (χ2v) is 5.97. The van der Waals surface area contributed by atoms with Crippen molar-refractivity contribution < 1.29 is 4.74 Å². The summed E-state index contributed by atoms with van der Waals surface area (Å²) in [7, 11) is 1.70. The van der Waals surface area contributed by atoms with Gasteiger partial charge in [0.2, 0.25) is 0 Å². The zero-order valence-electron chi connectivity index (χ0n) is 14.1. The van der Waals surface area contributed by atoms with E-state index in [-0.39, 0.29) is 0 Å². The predicted octanol–water partition coefficient (Wildman–Crippen LogP) is 2.85. The van der Waals surface area contributed by atoms with Crippen LogP contribution in [-0.2, 0) is 0 Å². The van der Waals surface area contributed by atoms with E-state index in [2.05, 4.69) is 39.9 Å². The normalized spacial score (nSPS) is 16.5. The number of hydrogen-bond acceptors (Lipinski definition) is 5. The molecule has 124 valence electrons. The van der Waals surface area contributed by atoms with E-state index in [1.54, 1.807) is 13.2 Å². The van der Waals surface area contributed by atoms with Crippen LogP contribution in [0.5, 0.6) is 5.75 Å². The van der Waals surface area contributed by atoms with Crippen molar-refractivity contribution in [2.45, 2.75) is 13.0 Å². The fraction of sp³-hybridized carbons (Fsp3) is 0.368. The summed E-state index contributed by atoms with van der Waals surface area (Å²) in [6, 6.07) is 16.3. The Morgan fingerprint density at radius 2 is 1.88 bits per heavy atom. The number of pyridine rings is 1. The molecule has 1 atom stereocenters. The second-order valence-electron chi connectivity index (χ2n) is 5.97. The lowest BCUT2D eigenvalue weighted by atomic mass is 10.1. The zero-order chi connectivity index (χ0) is 16.9. The molecule has 24 heavy (non-hydrogen) atoms. The average Bonchev–Trinajstić information content (AvgIpc) is 2.67. The summed E-state index contributed by atoms with van der Waals surface area (Å²) in [5, 5.41) is 8.99. The van der Waals surface area contributed by atoms with Gasteiger partial charge < -0.3 is 9.64 Å². The molecule has 1 aliphatic rings. The molecule has 0 amide bonds. The zero-order valence-corrected chi connectivity index (χ0v) is 14.1. The molecule has 0 aliphatic carbocycles. The number of methoxy groups -OCH3 is 1. The number of anilines is 1. The highest BCUT2D eigenvalue weighted by molar-refractivity contribution is 5.42. The summed E-state index contributed by atoms with van der Waals surface area (Å²) in [4.78, 5) is 9.11. The minimum absolute atomic E-state index is 0.348. The summed E-state index contributed by atoms with van der Waals surface area (Å²) in [5.74, 6) is 1.79. The minimum atomic E-state index is 0.348. The molecule has 0 spiro atoms. The Hall–Kier alpha value is -2.58. The number of benzene rings is 1. The van der Waals surface area contributed by atoms with Crippen LogP contribution in [-0.4, -0.2) is 43.2 Å². The van der Waals surface area contributed by atoms with Gasteiger partial charge in [0, 0.05) is 32.2 Å². The fourth-order valence-corrected chi connectivity index (χ4v) is 3.11. The third-order valence-electron chi connectivity index (χ3n) is 4.61.